The normalized spacial score (nSPS) is 28.0. The summed E-state index contributed by atoms with van der Waals surface area (Å²) in [6.07, 6.45) is 8.84. The number of nitrogens with one attached hydrogen (secondary N) is 1. The van der Waals surface area contributed by atoms with E-state index >= 15 is 0 Å². The standard InChI is InChI=1S/C27H47NO3Si2/c1-19(2)31-25-24-14-12-13-23(27(24,26(29)28-25)16-18-32(9,10)11)15-17-30-33(20(3)4,21(5)6)22(7)8/h12-13,15,17,19-25H,14H2,1-11H3,(H,28,29)/b17-15+/t23-,24+,25+,27+/m1/s1. The van der Waals surface area contributed by atoms with Crippen LogP contribution in [0.5, 0.6) is 0 Å². The second-order valence-electron chi connectivity index (χ2n) is 12.0. The third kappa shape index (κ3) is 5.69. The zero-order chi connectivity index (χ0) is 25.2. The molecule has 0 spiro atoms. The Bertz CT molecular complexity index is 792. The predicted octanol–water partition coefficient (Wildman–Crippen LogP) is 6.63. The van der Waals surface area contributed by atoms with Gasteiger partial charge >= 0.3 is 0 Å². The average molecular weight is 490 g/mol. The molecule has 1 fully saturated rings. The molecule has 33 heavy (non-hydrogen) atoms. The number of fused-ring (bicyclic) bond motifs is 1. The first-order valence-corrected chi connectivity index (χ1v) is 18.3. The molecule has 0 aromatic heterocycles. The third-order valence-corrected chi connectivity index (χ3v) is 14.0. The van der Waals surface area contributed by atoms with Gasteiger partial charge in [-0.15, -0.1) is 5.54 Å². The van der Waals surface area contributed by atoms with E-state index in [1.807, 2.05) is 20.1 Å². The van der Waals surface area contributed by atoms with E-state index in [4.69, 9.17) is 9.16 Å². The first kappa shape index (κ1) is 27.9. The highest BCUT2D eigenvalue weighted by atomic mass is 28.4. The van der Waals surface area contributed by atoms with Gasteiger partial charge in [-0.3, -0.25) is 4.79 Å². The van der Waals surface area contributed by atoms with Crippen molar-refractivity contribution in [2.24, 2.45) is 17.3 Å². The van der Waals surface area contributed by atoms with Gasteiger partial charge in [-0.05, 0) is 43.0 Å². The molecule has 0 bridgehead atoms. The molecule has 0 saturated carbocycles. The number of ether oxygens (including phenoxy) is 1. The van der Waals surface area contributed by atoms with Crippen molar-refractivity contribution < 1.29 is 14.0 Å². The zero-order valence-corrected chi connectivity index (χ0v) is 24.8. The summed E-state index contributed by atoms with van der Waals surface area (Å²) in [6.45, 7) is 24.4. The van der Waals surface area contributed by atoms with Crippen LogP contribution in [0.4, 0.5) is 0 Å². The van der Waals surface area contributed by atoms with Gasteiger partial charge in [-0.25, -0.2) is 0 Å². The summed E-state index contributed by atoms with van der Waals surface area (Å²) in [6, 6.07) is 0. The number of hydrogen-bond donors (Lipinski definition) is 1. The van der Waals surface area contributed by atoms with E-state index in [1.165, 1.54) is 0 Å². The largest absolute Gasteiger partial charge is 0.548 e. The Kier molecular flexibility index (Phi) is 8.92. The van der Waals surface area contributed by atoms with Crippen LogP contribution >= 0.6 is 0 Å². The van der Waals surface area contributed by atoms with Crippen LogP contribution in [0, 0.1) is 28.7 Å². The lowest BCUT2D eigenvalue weighted by Gasteiger charge is -2.41. The van der Waals surface area contributed by atoms with Crippen LogP contribution in [0.1, 0.15) is 61.8 Å². The quantitative estimate of drug-likeness (QED) is 0.180. The van der Waals surface area contributed by atoms with Gasteiger partial charge in [0.05, 0.1) is 12.4 Å². The summed E-state index contributed by atoms with van der Waals surface area (Å²) >= 11 is 0. The lowest BCUT2D eigenvalue weighted by molar-refractivity contribution is -0.127. The van der Waals surface area contributed by atoms with Crippen LogP contribution < -0.4 is 5.32 Å². The van der Waals surface area contributed by atoms with Crippen molar-refractivity contribution in [3.8, 4) is 11.5 Å². The molecule has 0 aromatic carbocycles. The summed E-state index contributed by atoms with van der Waals surface area (Å²) in [5, 5.41) is 3.14. The Morgan fingerprint density at radius 2 is 1.64 bits per heavy atom. The monoisotopic (exact) mass is 489 g/mol. The molecule has 0 aromatic rings. The van der Waals surface area contributed by atoms with Gasteiger partial charge in [0.1, 0.15) is 19.7 Å². The third-order valence-electron chi connectivity index (χ3n) is 7.19. The summed E-state index contributed by atoms with van der Waals surface area (Å²) in [5.41, 5.74) is 4.20. The van der Waals surface area contributed by atoms with Gasteiger partial charge in [0.25, 0.3) is 8.32 Å². The summed E-state index contributed by atoms with van der Waals surface area (Å²) in [4.78, 5) is 13.6. The zero-order valence-electron chi connectivity index (χ0n) is 22.8. The highest BCUT2D eigenvalue weighted by Crippen LogP contribution is 2.49. The Hall–Kier alpha value is -1.30. The Morgan fingerprint density at radius 3 is 2.12 bits per heavy atom. The number of hydrogen-bond acceptors (Lipinski definition) is 3. The molecule has 0 radical (unpaired) electrons. The minimum absolute atomic E-state index is 0.0111. The molecule has 186 valence electrons. The topological polar surface area (TPSA) is 47.6 Å². The lowest BCUT2D eigenvalue weighted by atomic mass is 9.64. The van der Waals surface area contributed by atoms with Crippen molar-refractivity contribution in [3.63, 3.8) is 0 Å². The second-order valence-corrected chi connectivity index (χ2v) is 22.2. The molecule has 2 aliphatic rings. The number of amides is 1. The fourth-order valence-electron chi connectivity index (χ4n) is 5.80. The molecule has 1 N–H and O–H groups in total. The Morgan fingerprint density at radius 1 is 1.06 bits per heavy atom. The number of carbonyl (C=O) groups excluding carboxylic acids is 1. The second kappa shape index (κ2) is 10.5. The minimum Gasteiger partial charge on any atom is -0.548 e. The predicted molar refractivity (Wildman–Crippen MR) is 144 cm³/mol. The minimum atomic E-state index is -2.04. The van der Waals surface area contributed by atoms with Crippen molar-refractivity contribution in [3.05, 3.63) is 24.5 Å². The number of allylic oxidation sites excluding steroid dienone is 3. The van der Waals surface area contributed by atoms with E-state index in [-0.39, 0.29) is 30.1 Å². The molecule has 2 rings (SSSR count). The van der Waals surface area contributed by atoms with Gasteiger partial charge in [0.15, 0.2) is 0 Å². The molecule has 4 atom stereocenters. The van der Waals surface area contributed by atoms with Crippen LogP contribution in [0.2, 0.25) is 36.3 Å². The van der Waals surface area contributed by atoms with Crippen molar-refractivity contribution in [2.45, 2.75) is 110 Å². The first-order valence-electron chi connectivity index (χ1n) is 12.7. The molecule has 1 heterocycles. The fourth-order valence-corrected chi connectivity index (χ4v) is 11.5. The summed E-state index contributed by atoms with van der Waals surface area (Å²) in [5.74, 6) is 3.36. The maximum atomic E-state index is 13.6. The van der Waals surface area contributed by atoms with E-state index in [0.29, 0.717) is 16.6 Å². The van der Waals surface area contributed by atoms with Crippen LogP contribution in [0.15, 0.2) is 24.5 Å². The van der Waals surface area contributed by atoms with Gasteiger partial charge in [-0.1, -0.05) is 79.3 Å². The van der Waals surface area contributed by atoms with Gasteiger partial charge in [0, 0.05) is 11.8 Å². The maximum Gasteiger partial charge on any atom is 0.257 e. The summed E-state index contributed by atoms with van der Waals surface area (Å²) in [7, 11) is -3.72. The van der Waals surface area contributed by atoms with Crippen molar-refractivity contribution in [1.82, 2.24) is 5.32 Å². The SMILES string of the molecule is CC(C)O[C@@H]1NC(=O)[C@@]2(C#C[Si](C)(C)C)[C@@H](/C=C/O[Si](C(C)C)(C(C)C)C(C)C)C=CC[C@@H]12. The van der Waals surface area contributed by atoms with Gasteiger partial charge in [-0.2, -0.15) is 0 Å². The fraction of sp³-hybridized carbons (Fsp3) is 0.741. The van der Waals surface area contributed by atoms with E-state index in [1.54, 1.807) is 0 Å². The molecule has 0 unspecified atom stereocenters. The highest BCUT2D eigenvalue weighted by Gasteiger charge is 2.59. The Balaban J connectivity index is 2.50. The van der Waals surface area contributed by atoms with Crippen molar-refractivity contribution >= 4 is 22.3 Å². The maximum absolute atomic E-state index is 13.6. The lowest BCUT2D eigenvalue weighted by Crippen LogP contribution is -2.46. The molecular weight excluding hydrogens is 442 g/mol. The van der Waals surface area contributed by atoms with Crippen LogP contribution in [0.3, 0.4) is 0 Å². The van der Waals surface area contributed by atoms with Crippen LogP contribution in [-0.4, -0.2) is 34.6 Å². The van der Waals surface area contributed by atoms with Crippen LogP contribution in [-0.2, 0) is 14.0 Å². The molecule has 1 aliphatic carbocycles. The molecular formula is C27H47NO3Si2. The molecule has 4 nitrogen and oxygen atoms in total. The number of carbonyl (C=O) groups is 1. The molecule has 1 saturated heterocycles. The molecule has 6 heteroatoms. The smallest absolute Gasteiger partial charge is 0.257 e. The first-order chi connectivity index (χ1) is 15.2. The van der Waals surface area contributed by atoms with Crippen molar-refractivity contribution in [1.29, 1.82) is 0 Å². The van der Waals surface area contributed by atoms with Gasteiger partial charge in [0.2, 0.25) is 5.91 Å². The van der Waals surface area contributed by atoms with E-state index in [9.17, 15) is 4.79 Å². The average Bonchev–Trinajstić information content (AvgIpc) is 2.94. The number of rotatable bonds is 8. The van der Waals surface area contributed by atoms with Crippen LogP contribution in [0.25, 0.3) is 0 Å². The van der Waals surface area contributed by atoms with Crippen molar-refractivity contribution in [2.75, 3.05) is 0 Å². The van der Waals surface area contributed by atoms with E-state index in [0.717, 1.165) is 6.42 Å². The Labute approximate surface area is 205 Å². The molecule has 1 amide bonds. The molecule has 1 aliphatic heterocycles. The van der Waals surface area contributed by atoms with E-state index < -0.39 is 21.8 Å². The van der Waals surface area contributed by atoms with Gasteiger partial charge < -0.3 is 14.5 Å². The highest BCUT2D eigenvalue weighted by molar-refractivity contribution is 6.83. The van der Waals surface area contributed by atoms with E-state index in [2.05, 4.69) is 96.2 Å². The summed E-state index contributed by atoms with van der Waals surface area (Å²) < 4.78 is 12.8.